The van der Waals surface area contributed by atoms with E-state index in [0.29, 0.717) is 19.3 Å². The van der Waals surface area contributed by atoms with Crippen LogP contribution in [0.5, 0.6) is 5.75 Å². The van der Waals surface area contributed by atoms with Crippen LogP contribution in [0.4, 0.5) is 0 Å². The lowest BCUT2D eigenvalue weighted by molar-refractivity contribution is 0.0362. The summed E-state index contributed by atoms with van der Waals surface area (Å²) < 4.78 is 11.0. The summed E-state index contributed by atoms with van der Waals surface area (Å²) in [6, 6.07) is 7.65. The minimum atomic E-state index is -0.565. The Kier molecular flexibility index (Phi) is 4.40. The van der Waals surface area contributed by atoms with E-state index in [9.17, 15) is 5.11 Å². The summed E-state index contributed by atoms with van der Waals surface area (Å²) in [6.45, 7) is 3.09. The fraction of sp³-hybridized carbons (Fsp3) is 0.571. The van der Waals surface area contributed by atoms with E-state index in [4.69, 9.17) is 9.47 Å². The quantitative estimate of drug-likeness (QED) is 0.740. The van der Waals surface area contributed by atoms with Crippen LogP contribution in [-0.2, 0) is 4.74 Å². The molecule has 0 aliphatic heterocycles. The number of hydrogen-bond acceptors (Lipinski definition) is 3. The third-order valence-electron chi connectivity index (χ3n) is 2.69. The maximum atomic E-state index is 9.94. The molecule has 3 heteroatoms. The molecule has 0 heterocycles. The summed E-state index contributed by atoms with van der Waals surface area (Å²) in [4.78, 5) is 0. The summed E-state index contributed by atoms with van der Waals surface area (Å²) in [7, 11) is 0. The minimum Gasteiger partial charge on any atom is -0.490 e. The van der Waals surface area contributed by atoms with E-state index in [1.807, 2.05) is 24.3 Å². The molecular formula is C14H20O3. The summed E-state index contributed by atoms with van der Waals surface area (Å²) >= 11 is 0. The van der Waals surface area contributed by atoms with Crippen LogP contribution in [0, 0.1) is 0 Å². The number of rotatable bonds is 7. The van der Waals surface area contributed by atoms with Gasteiger partial charge < -0.3 is 14.6 Å². The fourth-order valence-electron chi connectivity index (χ4n) is 1.61. The molecule has 94 valence electrons. The maximum absolute atomic E-state index is 9.94. The molecule has 0 spiro atoms. The number of hydrogen-bond donors (Lipinski definition) is 1. The Morgan fingerprint density at radius 1 is 1.41 bits per heavy atom. The molecule has 1 unspecified atom stereocenters. The Hall–Kier alpha value is -1.06. The van der Waals surface area contributed by atoms with Gasteiger partial charge in [0.25, 0.3) is 0 Å². The van der Waals surface area contributed by atoms with Crippen LogP contribution < -0.4 is 4.74 Å². The van der Waals surface area contributed by atoms with Crippen LogP contribution in [0.1, 0.15) is 37.9 Å². The standard InChI is InChI=1S/C14H20O3/c1-2-8-16-10-14(15)11-4-3-5-13(9-11)17-12-6-7-12/h3-5,9,12,14-15H,2,6-8,10H2,1H3. The van der Waals surface area contributed by atoms with Gasteiger partial charge in [-0.25, -0.2) is 0 Å². The predicted molar refractivity (Wildman–Crippen MR) is 66.2 cm³/mol. The van der Waals surface area contributed by atoms with Gasteiger partial charge in [-0.05, 0) is 37.0 Å². The van der Waals surface area contributed by atoms with Crippen LogP contribution in [0.2, 0.25) is 0 Å². The maximum Gasteiger partial charge on any atom is 0.120 e. The highest BCUT2D eigenvalue weighted by molar-refractivity contribution is 5.30. The molecule has 0 saturated heterocycles. The zero-order valence-electron chi connectivity index (χ0n) is 10.3. The van der Waals surface area contributed by atoms with Gasteiger partial charge in [-0.2, -0.15) is 0 Å². The third-order valence-corrected chi connectivity index (χ3v) is 2.69. The van der Waals surface area contributed by atoms with Crippen LogP contribution in [0.15, 0.2) is 24.3 Å². The zero-order chi connectivity index (χ0) is 12.1. The monoisotopic (exact) mass is 236 g/mol. The molecule has 0 bridgehead atoms. The molecule has 0 radical (unpaired) electrons. The first kappa shape index (κ1) is 12.4. The number of aliphatic hydroxyl groups is 1. The van der Waals surface area contributed by atoms with Gasteiger partial charge in [0.2, 0.25) is 0 Å². The topological polar surface area (TPSA) is 38.7 Å². The lowest BCUT2D eigenvalue weighted by Gasteiger charge is -2.13. The Labute approximate surface area is 102 Å². The first-order valence-corrected chi connectivity index (χ1v) is 6.32. The normalized spacial score (nSPS) is 16.8. The van der Waals surface area contributed by atoms with Crippen molar-refractivity contribution in [1.29, 1.82) is 0 Å². The first-order valence-electron chi connectivity index (χ1n) is 6.32. The highest BCUT2D eigenvalue weighted by atomic mass is 16.5. The molecular weight excluding hydrogens is 216 g/mol. The van der Waals surface area contributed by atoms with Crippen molar-refractivity contribution >= 4 is 0 Å². The summed E-state index contributed by atoms with van der Waals surface area (Å²) in [5.41, 5.74) is 0.860. The molecule has 1 saturated carbocycles. The van der Waals surface area contributed by atoms with Crippen molar-refractivity contribution in [3.05, 3.63) is 29.8 Å². The van der Waals surface area contributed by atoms with E-state index >= 15 is 0 Å². The van der Waals surface area contributed by atoms with E-state index < -0.39 is 6.10 Å². The minimum absolute atomic E-state index is 0.348. The molecule has 0 amide bonds. The summed E-state index contributed by atoms with van der Waals surface area (Å²) in [5.74, 6) is 0.847. The number of ether oxygens (including phenoxy) is 2. The molecule has 2 rings (SSSR count). The van der Waals surface area contributed by atoms with E-state index in [0.717, 1.165) is 30.6 Å². The molecule has 1 aromatic carbocycles. The summed E-state index contributed by atoms with van der Waals surface area (Å²) in [6.07, 6.45) is 3.08. The highest BCUT2D eigenvalue weighted by Crippen LogP contribution is 2.28. The summed E-state index contributed by atoms with van der Waals surface area (Å²) in [5, 5.41) is 9.94. The van der Waals surface area contributed by atoms with Crippen molar-refractivity contribution in [3.8, 4) is 5.75 Å². The molecule has 1 aromatic rings. The predicted octanol–water partition coefficient (Wildman–Crippen LogP) is 2.69. The zero-order valence-corrected chi connectivity index (χ0v) is 10.3. The first-order chi connectivity index (χ1) is 8.29. The van der Waals surface area contributed by atoms with Gasteiger partial charge in [0.1, 0.15) is 11.9 Å². The van der Waals surface area contributed by atoms with Crippen LogP contribution in [-0.4, -0.2) is 24.4 Å². The Balaban J connectivity index is 1.89. The average molecular weight is 236 g/mol. The molecule has 1 aliphatic carbocycles. The van der Waals surface area contributed by atoms with Gasteiger partial charge in [0, 0.05) is 6.61 Å². The van der Waals surface area contributed by atoms with Crippen LogP contribution in [0.25, 0.3) is 0 Å². The lowest BCUT2D eigenvalue weighted by atomic mass is 10.1. The highest BCUT2D eigenvalue weighted by Gasteiger charge is 2.23. The molecule has 1 N–H and O–H groups in total. The van der Waals surface area contributed by atoms with Gasteiger partial charge in [-0.1, -0.05) is 19.1 Å². The second-order valence-corrected chi connectivity index (χ2v) is 4.48. The van der Waals surface area contributed by atoms with Crippen molar-refractivity contribution in [2.45, 2.75) is 38.4 Å². The molecule has 17 heavy (non-hydrogen) atoms. The molecule has 1 aliphatic rings. The largest absolute Gasteiger partial charge is 0.490 e. The van der Waals surface area contributed by atoms with Crippen LogP contribution >= 0.6 is 0 Å². The Morgan fingerprint density at radius 3 is 2.94 bits per heavy atom. The van der Waals surface area contributed by atoms with Crippen molar-refractivity contribution in [2.75, 3.05) is 13.2 Å². The molecule has 1 atom stereocenters. The molecule has 0 aromatic heterocycles. The Morgan fingerprint density at radius 2 is 2.24 bits per heavy atom. The van der Waals surface area contributed by atoms with E-state index in [2.05, 4.69) is 6.92 Å². The fourth-order valence-corrected chi connectivity index (χ4v) is 1.61. The number of benzene rings is 1. The second kappa shape index (κ2) is 6.03. The van der Waals surface area contributed by atoms with Crippen molar-refractivity contribution in [1.82, 2.24) is 0 Å². The van der Waals surface area contributed by atoms with Gasteiger partial charge in [-0.3, -0.25) is 0 Å². The second-order valence-electron chi connectivity index (χ2n) is 4.48. The van der Waals surface area contributed by atoms with E-state index in [1.54, 1.807) is 0 Å². The van der Waals surface area contributed by atoms with Gasteiger partial charge in [0.15, 0.2) is 0 Å². The smallest absolute Gasteiger partial charge is 0.120 e. The van der Waals surface area contributed by atoms with Gasteiger partial charge in [-0.15, -0.1) is 0 Å². The van der Waals surface area contributed by atoms with Gasteiger partial charge in [0.05, 0.1) is 12.7 Å². The van der Waals surface area contributed by atoms with Gasteiger partial charge >= 0.3 is 0 Å². The average Bonchev–Trinajstić information content (AvgIpc) is 3.13. The lowest BCUT2D eigenvalue weighted by Crippen LogP contribution is -2.08. The molecule has 1 fully saturated rings. The van der Waals surface area contributed by atoms with Crippen molar-refractivity contribution in [2.24, 2.45) is 0 Å². The Bertz CT molecular complexity index is 347. The third kappa shape index (κ3) is 4.02. The van der Waals surface area contributed by atoms with Crippen molar-refractivity contribution in [3.63, 3.8) is 0 Å². The molecule has 3 nitrogen and oxygen atoms in total. The SMILES string of the molecule is CCCOCC(O)c1cccc(OC2CC2)c1. The van der Waals surface area contributed by atoms with E-state index in [-0.39, 0.29) is 0 Å². The van der Waals surface area contributed by atoms with Crippen LogP contribution in [0.3, 0.4) is 0 Å². The number of aliphatic hydroxyl groups excluding tert-OH is 1. The van der Waals surface area contributed by atoms with Crippen molar-refractivity contribution < 1.29 is 14.6 Å². The van der Waals surface area contributed by atoms with E-state index in [1.165, 1.54) is 0 Å².